The summed E-state index contributed by atoms with van der Waals surface area (Å²) >= 11 is 1.63. The molecule has 5 rings (SSSR count). The fourth-order valence-corrected chi connectivity index (χ4v) is 6.80. The van der Waals surface area contributed by atoms with E-state index < -0.39 is 0 Å². The van der Waals surface area contributed by atoms with Gasteiger partial charge in [-0.05, 0) is 51.5 Å². The normalized spacial score (nSPS) is 23.4. The third-order valence-corrected chi connectivity index (χ3v) is 8.29. The minimum Gasteiger partial charge on any atom is -0.375 e. The Morgan fingerprint density at radius 2 is 2.06 bits per heavy atom. The summed E-state index contributed by atoms with van der Waals surface area (Å²) in [6, 6.07) is 8.68. The van der Waals surface area contributed by atoms with E-state index in [0.29, 0.717) is 6.61 Å². The van der Waals surface area contributed by atoms with Gasteiger partial charge in [0.05, 0.1) is 16.9 Å². The molecule has 1 atom stereocenters. The highest BCUT2D eigenvalue weighted by Gasteiger charge is 2.45. The second kappa shape index (κ2) is 7.93. The quantitative estimate of drug-likeness (QED) is 0.351. The van der Waals surface area contributed by atoms with Gasteiger partial charge < -0.3 is 4.74 Å². The highest BCUT2D eigenvalue weighted by Crippen LogP contribution is 2.50. The molecule has 5 heteroatoms. The SMILES string of the molecule is C=CCSc1nc2c(c(=O)n1[C@H]1CCOC(C)(C)C1)C1(CCCC1)Cc1ccccc1-2. The Morgan fingerprint density at radius 1 is 1.29 bits per heavy atom. The van der Waals surface area contributed by atoms with Gasteiger partial charge in [0.2, 0.25) is 0 Å². The van der Waals surface area contributed by atoms with Crippen molar-refractivity contribution in [1.29, 1.82) is 0 Å². The summed E-state index contributed by atoms with van der Waals surface area (Å²) in [5.41, 5.74) is 4.31. The number of hydrogen-bond acceptors (Lipinski definition) is 4. The van der Waals surface area contributed by atoms with Crippen LogP contribution in [0.3, 0.4) is 0 Å². The third kappa shape index (κ3) is 3.60. The zero-order valence-electron chi connectivity index (χ0n) is 18.7. The minimum absolute atomic E-state index is 0.0577. The van der Waals surface area contributed by atoms with E-state index in [2.05, 4.69) is 44.7 Å². The van der Waals surface area contributed by atoms with Crippen molar-refractivity contribution in [3.63, 3.8) is 0 Å². The van der Waals surface area contributed by atoms with Crippen molar-refractivity contribution in [3.05, 3.63) is 58.4 Å². The van der Waals surface area contributed by atoms with Crippen molar-refractivity contribution >= 4 is 11.8 Å². The van der Waals surface area contributed by atoms with Gasteiger partial charge in [0, 0.05) is 29.4 Å². The van der Waals surface area contributed by atoms with E-state index in [1.54, 1.807) is 11.8 Å². The van der Waals surface area contributed by atoms with Gasteiger partial charge >= 0.3 is 0 Å². The summed E-state index contributed by atoms with van der Waals surface area (Å²) in [5, 5.41) is 0.830. The lowest BCUT2D eigenvalue weighted by Crippen LogP contribution is -2.44. The second-order valence-electron chi connectivity index (χ2n) is 9.97. The van der Waals surface area contributed by atoms with Gasteiger partial charge in [0.25, 0.3) is 5.56 Å². The van der Waals surface area contributed by atoms with Crippen LogP contribution in [0.25, 0.3) is 11.3 Å². The van der Waals surface area contributed by atoms with Crippen LogP contribution < -0.4 is 5.56 Å². The summed E-state index contributed by atoms with van der Waals surface area (Å²) < 4.78 is 8.00. The third-order valence-electron chi connectivity index (χ3n) is 7.34. The lowest BCUT2D eigenvalue weighted by Gasteiger charge is -2.40. The van der Waals surface area contributed by atoms with E-state index in [0.717, 1.165) is 59.8 Å². The van der Waals surface area contributed by atoms with Gasteiger partial charge in [-0.15, -0.1) is 6.58 Å². The molecule has 31 heavy (non-hydrogen) atoms. The van der Waals surface area contributed by atoms with Crippen LogP contribution in [0.4, 0.5) is 0 Å². The molecule has 164 valence electrons. The monoisotopic (exact) mass is 436 g/mol. The van der Waals surface area contributed by atoms with Gasteiger partial charge in [-0.2, -0.15) is 0 Å². The number of benzene rings is 1. The first kappa shape index (κ1) is 21.0. The Morgan fingerprint density at radius 3 is 2.81 bits per heavy atom. The maximum atomic E-state index is 14.3. The Kier molecular flexibility index (Phi) is 5.38. The predicted octanol–water partition coefficient (Wildman–Crippen LogP) is 5.69. The smallest absolute Gasteiger partial charge is 0.258 e. The second-order valence-corrected chi connectivity index (χ2v) is 11.0. The predicted molar refractivity (Wildman–Crippen MR) is 127 cm³/mol. The van der Waals surface area contributed by atoms with Crippen LogP contribution in [0, 0.1) is 0 Å². The van der Waals surface area contributed by atoms with E-state index in [-0.39, 0.29) is 22.6 Å². The number of aromatic nitrogens is 2. The number of thioether (sulfide) groups is 1. The Balaban J connectivity index is 1.75. The number of ether oxygens (including phenoxy) is 1. The van der Waals surface area contributed by atoms with Crippen LogP contribution in [-0.2, 0) is 16.6 Å². The van der Waals surface area contributed by atoms with Crippen molar-refractivity contribution in [3.8, 4) is 11.3 Å². The van der Waals surface area contributed by atoms with E-state index in [4.69, 9.17) is 9.72 Å². The van der Waals surface area contributed by atoms with Crippen molar-refractivity contribution in [1.82, 2.24) is 9.55 Å². The summed E-state index contributed by atoms with van der Waals surface area (Å²) in [7, 11) is 0. The number of hydrogen-bond donors (Lipinski definition) is 0. The molecular formula is C26H32N2O2S. The van der Waals surface area contributed by atoms with Gasteiger partial charge in [-0.1, -0.05) is 54.9 Å². The summed E-state index contributed by atoms with van der Waals surface area (Å²) in [6.07, 6.45) is 9.10. The average Bonchev–Trinajstić information content (AvgIpc) is 3.19. The maximum Gasteiger partial charge on any atom is 0.258 e. The van der Waals surface area contributed by atoms with Crippen LogP contribution >= 0.6 is 11.8 Å². The highest BCUT2D eigenvalue weighted by molar-refractivity contribution is 7.99. The zero-order valence-corrected chi connectivity index (χ0v) is 19.5. The summed E-state index contributed by atoms with van der Waals surface area (Å²) in [4.78, 5) is 19.6. The highest BCUT2D eigenvalue weighted by atomic mass is 32.2. The lowest BCUT2D eigenvalue weighted by atomic mass is 9.68. The number of fused-ring (bicyclic) bond motifs is 4. The molecular weight excluding hydrogens is 404 g/mol. The molecule has 0 radical (unpaired) electrons. The molecule has 3 aliphatic rings. The molecule has 2 aromatic rings. The molecule has 1 aromatic carbocycles. The molecule has 1 spiro atoms. The standard InChI is InChI=1S/C26H32N2O2S/c1-4-15-31-24-27-22-20-10-6-5-9-18(20)16-26(12-7-8-13-26)21(22)23(29)28(24)19-11-14-30-25(2,3)17-19/h4-6,9-10,19H,1,7-8,11-17H2,2-3H3/t19-/m0/s1. The van der Waals surface area contributed by atoms with Crippen LogP contribution in [0.1, 0.15) is 69.5 Å². The molecule has 0 unspecified atom stereocenters. The molecule has 2 aliphatic carbocycles. The maximum absolute atomic E-state index is 14.3. The first-order valence-electron chi connectivity index (χ1n) is 11.6. The molecule has 1 saturated heterocycles. The van der Waals surface area contributed by atoms with Crippen LogP contribution in [0.2, 0.25) is 0 Å². The molecule has 2 heterocycles. The fraction of sp³-hybridized carbons (Fsp3) is 0.538. The molecule has 1 aliphatic heterocycles. The van der Waals surface area contributed by atoms with E-state index in [1.165, 1.54) is 18.4 Å². The minimum atomic E-state index is -0.226. The topological polar surface area (TPSA) is 44.1 Å². The Bertz CT molecular complexity index is 1070. The Hall–Kier alpha value is -1.85. The van der Waals surface area contributed by atoms with Crippen LogP contribution in [-0.4, -0.2) is 27.5 Å². The van der Waals surface area contributed by atoms with Crippen molar-refractivity contribution in [2.75, 3.05) is 12.4 Å². The molecule has 0 amide bonds. The molecule has 2 fully saturated rings. The zero-order chi connectivity index (χ0) is 21.6. The van der Waals surface area contributed by atoms with E-state index in [9.17, 15) is 4.79 Å². The summed E-state index contributed by atoms with van der Waals surface area (Å²) in [6.45, 7) is 8.82. The largest absolute Gasteiger partial charge is 0.375 e. The number of rotatable bonds is 4. The van der Waals surface area contributed by atoms with Crippen LogP contribution in [0.15, 0.2) is 46.9 Å². The summed E-state index contributed by atoms with van der Waals surface area (Å²) in [5.74, 6) is 0.741. The molecule has 0 N–H and O–H groups in total. The van der Waals surface area contributed by atoms with Crippen molar-refractivity contribution < 1.29 is 4.74 Å². The number of nitrogens with zero attached hydrogens (tertiary/aromatic N) is 2. The Labute approximate surface area is 189 Å². The lowest BCUT2D eigenvalue weighted by molar-refractivity contribution is -0.0710. The van der Waals surface area contributed by atoms with Crippen molar-refractivity contribution in [2.24, 2.45) is 0 Å². The van der Waals surface area contributed by atoms with Gasteiger partial charge in [0.15, 0.2) is 5.16 Å². The van der Waals surface area contributed by atoms with Gasteiger partial charge in [-0.25, -0.2) is 4.98 Å². The average molecular weight is 437 g/mol. The molecule has 0 bridgehead atoms. The van der Waals surface area contributed by atoms with E-state index >= 15 is 0 Å². The first-order valence-corrected chi connectivity index (χ1v) is 12.6. The van der Waals surface area contributed by atoms with Gasteiger partial charge in [-0.3, -0.25) is 9.36 Å². The van der Waals surface area contributed by atoms with Gasteiger partial charge in [0.1, 0.15) is 0 Å². The van der Waals surface area contributed by atoms with E-state index in [1.807, 2.05) is 10.6 Å². The van der Waals surface area contributed by atoms with Crippen molar-refractivity contribution in [2.45, 2.75) is 81.0 Å². The van der Waals surface area contributed by atoms with Crippen LogP contribution in [0.5, 0.6) is 0 Å². The fourth-order valence-electron chi connectivity index (χ4n) is 6.00. The molecule has 1 aromatic heterocycles. The first-order chi connectivity index (χ1) is 14.9. The molecule has 1 saturated carbocycles. The molecule has 4 nitrogen and oxygen atoms in total.